The van der Waals surface area contributed by atoms with Crippen LogP contribution in [0, 0.1) is 11.8 Å². The monoisotopic (exact) mass is 538 g/mol. The average molecular weight is 538 g/mol. The molecule has 4 aliphatic rings. The number of nitrogens with zero attached hydrogens (tertiary/aromatic N) is 1. The van der Waals surface area contributed by atoms with E-state index in [-0.39, 0.29) is 0 Å². The predicted molar refractivity (Wildman–Crippen MR) is 151 cm³/mol. The van der Waals surface area contributed by atoms with Gasteiger partial charge in [-0.25, -0.2) is 0 Å². The van der Waals surface area contributed by atoms with E-state index in [1.165, 1.54) is 5.56 Å². The minimum Gasteiger partial charge on any atom is -0.423 e. The molecule has 0 amide bonds. The largest absolute Gasteiger partial charge is 0.492 e. The van der Waals surface area contributed by atoms with Crippen LogP contribution < -0.4 is 16.2 Å². The maximum Gasteiger partial charge on any atom is 0.492 e. The van der Waals surface area contributed by atoms with Gasteiger partial charge in [-0.1, -0.05) is 36.4 Å². The fourth-order valence-electron chi connectivity index (χ4n) is 5.55. The third kappa shape index (κ3) is 7.99. The van der Waals surface area contributed by atoms with E-state index in [1.54, 1.807) is 12.1 Å². The van der Waals surface area contributed by atoms with E-state index < -0.39 is 14.2 Å². The van der Waals surface area contributed by atoms with Crippen LogP contribution in [0.1, 0.15) is 52.7 Å². The Labute approximate surface area is 231 Å². The number of aliphatic hydroxyl groups is 2. The SMILES string of the molecule is O=Cc1cccc2c1B(O)OC2.OCC1CCN(Cc2cccc3c2B(O)OC3)CC1.OCC1CCNCC1. The van der Waals surface area contributed by atoms with Gasteiger partial charge in [-0.05, 0) is 91.3 Å². The molecule has 0 bridgehead atoms. The lowest BCUT2D eigenvalue weighted by Crippen LogP contribution is -2.38. The normalized spacial score (nSPS) is 19.5. The minimum absolute atomic E-state index is 0.307. The van der Waals surface area contributed by atoms with Gasteiger partial charge < -0.3 is 34.9 Å². The van der Waals surface area contributed by atoms with Crippen molar-refractivity contribution in [3.63, 3.8) is 0 Å². The lowest BCUT2D eigenvalue weighted by Gasteiger charge is -2.31. The number of piperidine rings is 2. The number of hydrogen-bond donors (Lipinski definition) is 5. The number of likely N-dealkylation sites (tertiary alicyclic amines) is 1. The van der Waals surface area contributed by atoms with Gasteiger partial charge in [0.25, 0.3) is 0 Å². The van der Waals surface area contributed by atoms with E-state index in [1.807, 2.05) is 18.2 Å². The Morgan fingerprint density at radius 2 is 1.41 bits per heavy atom. The van der Waals surface area contributed by atoms with E-state index in [0.717, 1.165) is 81.3 Å². The van der Waals surface area contributed by atoms with Crippen molar-refractivity contribution in [3.8, 4) is 0 Å². The first-order chi connectivity index (χ1) is 19.0. The number of aliphatic hydroxyl groups excluding tert-OH is 2. The predicted octanol–water partition coefficient (Wildman–Crippen LogP) is -0.196. The number of benzene rings is 2. The van der Waals surface area contributed by atoms with Gasteiger partial charge in [0.05, 0.1) is 13.2 Å². The number of carbonyl (C=O) groups excluding carboxylic acids is 1. The Kier molecular flexibility index (Phi) is 11.5. The van der Waals surface area contributed by atoms with Crippen LogP contribution >= 0.6 is 0 Å². The van der Waals surface area contributed by atoms with Crippen molar-refractivity contribution in [2.24, 2.45) is 11.8 Å². The Bertz CT molecular complexity index is 1060. The number of rotatable bonds is 5. The molecule has 210 valence electrons. The molecule has 5 N–H and O–H groups in total. The second kappa shape index (κ2) is 15.1. The van der Waals surface area contributed by atoms with Crippen LogP contribution in [-0.4, -0.2) is 85.1 Å². The number of nitrogens with one attached hydrogen (secondary N) is 1. The Balaban J connectivity index is 0.000000150. The molecule has 0 saturated carbocycles. The number of hydrogen-bond acceptors (Lipinski definition) is 9. The second-order valence-electron chi connectivity index (χ2n) is 10.6. The van der Waals surface area contributed by atoms with E-state index in [4.69, 9.17) is 19.5 Å². The summed E-state index contributed by atoms with van der Waals surface area (Å²) in [5.74, 6) is 1.04. The van der Waals surface area contributed by atoms with Gasteiger partial charge in [0.2, 0.25) is 0 Å². The maximum absolute atomic E-state index is 10.5. The van der Waals surface area contributed by atoms with Crippen molar-refractivity contribution < 1.29 is 34.4 Å². The van der Waals surface area contributed by atoms with E-state index in [2.05, 4.69) is 16.3 Å². The van der Waals surface area contributed by atoms with E-state index in [9.17, 15) is 14.8 Å². The third-order valence-corrected chi connectivity index (χ3v) is 8.01. The highest BCUT2D eigenvalue weighted by molar-refractivity contribution is 6.63. The lowest BCUT2D eigenvalue weighted by molar-refractivity contribution is 0.112. The van der Waals surface area contributed by atoms with Crippen molar-refractivity contribution in [2.45, 2.75) is 45.4 Å². The van der Waals surface area contributed by atoms with Gasteiger partial charge >= 0.3 is 14.2 Å². The fourth-order valence-corrected chi connectivity index (χ4v) is 5.55. The molecule has 6 rings (SSSR count). The zero-order valence-electron chi connectivity index (χ0n) is 22.5. The summed E-state index contributed by atoms with van der Waals surface area (Å²) in [6.07, 6.45) is 5.15. The second-order valence-corrected chi connectivity index (χ2v) is 10.6. The molecule has 2 saturated heterocycles. The van der Waals surface area contributed by atoms with Crippen LogP contribution in [0.4, 0.5) is 0 Å². The summed E-state index contributed by atoms with van der Waals surface area (Å²) in [7, 11) is -1.69. The molecule has 0 spiro atoms. The molecule has 2 aromatic carbocycles. The summed E-state index contributed by atoms with van der Waals surface area (Å²) in [6.45, 7) is 6.66. The maximum atomic E-state index is 10.5. The van der Waals surface area contributed by atoms with Gasteiger partial charge in [0.15, 0.2) is 0 Å². The molecule has 11 heteroatoms. The third-order valence-electron chi connectivity index (χ3n) is 8.01. The number of carbonyl (C=O) groups is 1. The Morgan fingerprint density at radius 1 is 0.846 bits per heavy atom. The van der Waals surface area contributed by atoms with Crippen LogP contribution in [0.3, 0.4) is 0 Å². The fraction of sp³-hybridized carbons (Fsp3) is 0.536. The molecule has 0 radical (unpaired) electrons. The van der Waals surface area contributed by atoms with Crippen LogP contribution in [0.15, 0.2) is 36.4 Å². The molecule has 9 nitrogen and oxygen atoms in total. The zero-order chi connectivity index (χ0) is 27.6. The van der Waals surface area contributed by atoms with Crippen LogP contribution in [0.2, 0.25) is 0 Å². The first kappa shape index (κ1) is 29.9. The van der Waals surface area contributed by atoms with Gasteiger partial charge in [-0.15, -0.1) is 0 Å². The first-order valence-corrected chi connectivity index (χ1v) is 14.0. The summed E-state index contributed by atoms with van der Waals surface area (Å²) in [5.41, 5.74) is 5.27. The van der Waals surface area contributed by atoms with Crippen molar-refractivity contribution in [1.29, 1.82) is 0 Å². The number of aldehydes is 1. The van der Waals surface area contributed by atoms with Crippen molar-refractivity contribution >= 4 is 31.4 Å². The quantitative estimate of drug-likeness (QED) is 0.260. The van der Waals surface area contributed by atoms with E-state index >= 15 is 0 Å². The molecule has 39 heavy (non-hydrogen) atoms. The first-order valence-electron chi connectivity index (χ1n) is 14.0. The van der Waals surface area contributed by atoms with Crippen LogP contribution in [0.25, 0.3) is 0 Å². The summed E-state index contributed by atoms with van der Waals surface area (Å²) < 4.78 is 10.3. The summed E-state index contributed by atoms with van der Waals surface area (Å²) in [4.78, 5) is 12.9. The molecular formula is C28H40B2N2O7. The van der Waals surface area contributed by atoms with Gasteiger partial charge in [-0.3, -0.25) is 9.69 Å². The van der Waals surface area contributed by atoms with Crippen molar-refractivity contribution in [1.82, 2.24) is 10.2 Å². The van der Waals surface area contributed by atoms with Crippen LogP contribution in [-0.2, 0) is 29.1 Å². The molecule has 0 aromatic heterocycles. The van der Waals surface area contributed by atoms with Crippen molar-refractivity contribution in [3.05, 3.63) is 58.7 Å². The Hall–Kier alpha value is -2.08. The molecule has 0 unspecified atom stereocenters. The molecule has 2 aromatic rings. The summed E-state index contributed by atoms with van der Waals surface area (Å²) in [6, 6.07) is 11.4. The molecule has 4 aliphatic heterocycles. The van der Waals surface area contributed by atoms with E-state index in [0.29, 0.717) is 49.3 Å². The lowest BCUT2D eigenvalue weighted by atomic mass is 9.76. The highest BCUT2D eigenvalue weighted by Crippen LogP contribution is 2.20. The molecule has 0 atom stereocenters. The molecule has 0 aliphatic carbocycles. The molecule has 4 heterocycles. The molecule has 2 fully saturated rings. The highest BCUT2D eigenvalue weighted by atomic mass is 16.5. The van der Waals surface area contributed by atoms with Gasteiger partial charge in [-0.2, -0.15) is 0 Å². The van der Waals surface area contributed by atoms with Crippen LogP contribution in [0.5, 0.6) is 0 Å². The highest BCUT2D eigenvalue weighted by Gasteiger charge is 2.31. The average Bonchev–Trinajstić information content (AvgIpc) is 3.57. The zero-order valence-corrected chi connectivity index (χ0v) is 22.5. The van der Waals surface area contributed by atoms with Gasteiger partial charge in [0.1, 0.15) is 6.29 Å². The Morgan fingerprint density at radius 3 is 2.00 bits per heavy atom. The number of fused-ring (bicyclic) bond motifs is 2. The van der Waals surface area contributed by atoms with Crippen molar-refractivity contribution in [2.75, 3.05) is 39.4 Å². The standard InChI is InChI=1S/C14H20BNO3.C8H7BO3.C6H13NO/c17-9-11-4-6-16(7-5-11)8-12-2-1-3-13-10-19-15(18)14(12)13;10-4-6-2-1-3-7-5-12-9(11)8(6)7;8-5-6-1-3-7-4-2-6/h1-3,11,17-18H,4-10H2;1-4,11H,5H2;6-8H,1-5H2. The molecular weight excluding hydrogens is 498 g/mol. The van der Waals surface area contributed by atoms with Gasteiger partial charge in [0, 0.05) is 25.3 Å². The summed E-state index contributed by atoms with van der Waals surface area (Å²) >= 11 is 0. The minimum atomic E-state index is -0.929. The smallest absolute Gasteiger partial charge is 0.423 e. The topological polar surface area (TPSA) is 132 Å². The summed E-state index contributed by atoms with van der Waals surface area (Å²) in [5, 5.41) is 40.3.